The van der Waals surface area contributed by atoms with Crippen molar-refractivity contribution in [3.8, 4) is 0 Å². The molecule has 15 heavy (non-hydrogen) atoms. The lowest BCUT2D eigenvalue weighted by Crippen LogP contribution is -2.24. The van der Waals surface area contributed by atoms with Crippen LogP contribution in [0.25, 0.3) is 0 Å². The third-order valence-electron chi connectivity index (χ3n) is 3.78. The molecule has 0 bridgehead atoms. The first-order chi connectivity index (χ1) is 7.00. The van der Waals surface area contributed by atoms with Crippen LogP contribution in [-0.2, 0) is 11.8 Å². The third kappa shape index (κ3) is 1.95. The van der Waals surface area contributed by atoms with E-state index in [1.807, 2.05) is 0 Å². The van der Waals surface area contributed by atoms with Crippen molar-refractivity contribution < 1.29 is 0 Å². The Labute approximate surface area is 93.7 Å². The summed E-state index contributed by atoms with van der Waals surface area (Å²) in [7, 11) is 0. The van der Waals surface area contributed by atoms with Gasteiger partial charge in [0.1, 0.15) is 0 Å². The van der Waals surface area contributed by atoms with Gasteiger partial charge in [0.25, 0.3) is 0 Å². The van der Waals surface area contributed by atoms with Crippen LogP contribution in [0, 0.1) is 0 Å². The van der Waals surface area contributed by atoms with Gasteiger partial charge in [0.2, 0.25) is 0 Å². The average Bonchev–Trinajstić information content (AvgIpc) is 2.17. The summed E-state index contributed by atoms with van der Waals surface area (Å²) in [6.07, 6.45) is 3.96. The Kier molecular flexibility index (Phi) is 2.62. The lowest BCUT2D eigenvalue weighted by Gasteiger charge is -2.33. The van der Waals surface area contributed by atoms with Crippen molar-refractivity contribution in [3.05, 3.63) is 34.9 Å². The maximum atomic E-state index is 2.44. The Hall–Kier alpha value is -0.780. The normalized spacial score (nSPS) is 19.0. The highest BCUT2D eigenvalue weighted by Crippen LogP contribution is 2.37. The smallest absolute Gasteiger partial charge is 0.0101 e. The minimum atomic E-state index is 0.387. The summed E-state index contributed by atoms with van der Waals surface area (Å²) in [5.74, 6) is 0.646. The third-order valence-corrected chi connectivity index (χ3v) is 3.78. The second kappa shape index (κ2) is 3.66. The first-order valence-electron chi connectivity index (χ1n) is 6.14. The zero-order valence-electron chi connectivity index (χ0n) is 10.4. The van der Waals surface area contributed by atoms with Gasteiger partial charge in [-0.25, -0.2) is 0 Å². The van der Waals surface area contributed by atoms with Gasteiger partial charge in [-0.2, -0.15) is 0 Å². The molecule has 0 atom stereocenters. The van der Waals surface area contributed by atoms with Gasteiger partial charge in [-0.3, -0.25) is 0 Å². The molecule has 0 aromatic heterocycles. The Bertz CT molecular complexity index is 358. The van der Waals surface area contributed by atoms with Gasteiger partial charge in [-0.05, 0) is 47.3 Å². The van der Waals surface area contributed by atoms with E-state index in [9.17, 15) is 0 Å². The Morgan fingerprint density at radius 3 is 2.60 bits per heavy atom. The number of rotatable bonds is 1. The Morgan fingerprint density at radius 2 is 1.93 bits per heavy atom. The molecule has 0 saturated carbocycles. The summed E-state index contributed by atoms with van der Waals surface area (Å²) >= 11 is 0. The molecular weight excluding hydrogens is 180 g/mol. The topological polar surface area (TPSA) is 0 Å². The molecule has 0 aliphatic heterocycles. The van der Waals surface area contributed by atoms with E-state index in [1.165, 1.54) is 24.8 Å². The lowest BCUT2D eigenvalue weighted by molar-refractivity contribution is 0.431. The van der Waals surface area contributed by atoms with Crippen LogP contribution >= 0.6 is 0 Å². The van der Waals surface area contributed by atoms with E-state index < -0.39 is 0 Å². The summed E-state index contributed by atoms with van der Waals surface area (Å²) < 4.78 is 0. The molecule has 0 unspecified atom stereocenters. The summed E-state index contributed by atoms with van der Waals surface area (Å²) in [6.45, 7) is 9.32. The van der Waals surface area contributed by atoms with Gasteiger partial charge in [-0.15, -0.1) is 0 Å². The van der Waals surface area contributed by atoms with Crippen LogP contribution < -0.4 is 0 Å². The molecule has 0 heteroatoms. The fourth-order valence-corrected chi connectivity index (χ4v) is 2.66. The molecule has 1 aromatic carbocycles. The van der Waals surface area contributed by atoms with Gasteiger partial charge < -0.3 is 0 Å². The van der Waals surface area contributed by atoms with Gasteiger partial charge >= 0.3 is 0 Å². The van der Waals surface area contributed by atoms with Crippen molar-refractivity contribution in [3.63, 3.8) is 0 Å². The van der Waals surface area contributed by atoms with Crippen LogP contribution in [-0.4, -0.2) is 0 Å². The largest absolute Gasteiger partial charge is 0.0587 e. The summed E-state index contributed by atoms with van der Waals surface area (Å²) in [6, 6.07) is 7.11. The predicted molar refractivity (Wildman–Crippen MR) is 66.5 cm³/mol. The molecule has 0 nitrogen and oxygen atoms in total. The minimum absolute atomic E-state index is 0.387. The molecule has 1 aliphatic rings. The first kappa shape index (κ1) is 10.7. The summed E-state index contributed by atoms with van der Waals surface area (Å²) in [5.41, 5.74) is 5.05. The second-order valence-electron chi connectivity index (χ2n) is 5.81. The van der Waals surface area contributed by atoms with Crippen LogP contribution in [0.1, 0.15) is 63.1 Å². The molecule has 1 aromatic rings. The second-order valence-corrected chi connectivity index (χ2v) is 5.81. The number of hydrogen-bond acceptors (Lipinski definition) is 0. The molecule has 2 rings (SSSR count). The Morgan fingerprint density at radius 1 is 1.20 bits per heavy atom. The van der Waals surface area contributed by atoms with E-state index in [-0.39, 0.29) is 0 Å². The SMILES string of the molecule is CC(C)c1ccc2c(c1)C(C)(C)CCC2. The minimum Gasteiger partial charge on any atom is -0.0587 e. The fourth-order valence-electron chi connectivity index (χ4n) is 2.66. The molecule has 0 amide bonds. The van der Waals surface area contributed by atoms with E-state index in [0.717, 1.165) is 0 Å². The monoisotopic (exact) mass is 202 g/mol. The molecule has 1 aliphatic carbocycles. The van der Waals surface area contributed by atoms with E-state index >= 15 is 0 Å². The van der Waals surface area contributed by atoms with Crippen molar-refractivity contribution in [1.82, 2.24) is 0 Å². The molecule has 0 saturated heterocycles. The van der Waals surface area contributed by atoms with E-state index in [4.69, 9.17) is 0 Å². The number of benzene rings is 1. The van der Waals surface area contributed by atoms with Crippen molar-refractivity contribution >= 4 is 0 Å². The highest BCUT2D eigenvalue weighted by atomic mass is 14.3. The number of aryl methyl sites for hydroxylation is 1. The van der Waals surface area contributed by atoms with Crippen molar-refractivity contribution in [1.29, 1.82) is 0 Å². The van der Waals surface area contributed by atoms with E-state index in [2.05, 4.69) is 45.9 Å². The maximum absolute atomic E-state index is 2.44. The zero-order valence-corrected chi connectivity index (χ0v) is 10.4. The quantitative estimate of drug-likeness (QED) is 0.632. The highest BCUT2D eigenvalue weighted by Gasteiger charge is 2.27. The van der Waals surface area contributed by atoms with Crippen LogP contribution in [0.2, 0.25) is 0 Å². The van der Waals surface area contributed by atoms with Gasteiger partial charge in [0, 0.05) is 0 Å². The molecule has 0 heterocycles. The standard InChI is InChI=1S/C15H22/c1-11(2)13-8-7-12-6-5-9-15(3,4)14(12)10-13/h7-8,10-11H,5-6,9H2,1-4H3. The fraction of sp³-hybridized carbons (Fsp3) is 0.600. The van der Waals surface area contributed by atoms with Crippen molar-refractivity contribution in [2.75, 3.05) is 0 Å². The summed E-state index contributed by atoms with van der Waals surface area (Å²) in [5, 5.41) is 0. The van der Waals surface area contributed by atoms with Crippen LogP contribution in [0.3, 0.4) is 0 Å². The molecule has 0 radical (unpaired) electrons. The Balaban J connectivity index is 2.49. The maximum Gasteiger partial charge on any atom is -0.0101 e. The predicted octanol–water partition coefficient (Wildman–Crippen LogP) is 4.42. The van der Waals surface area contributed by atoms with E-state index in [0.29, 0.717) is 11.3 Å². The first-order valence-corrected chi connectivity index (χ1v) is 6.14. The molecule has 0 N–H and O–H groups in total. The van der Waals surface area contributed by atoms with Gasteiger partial charge in [-0.1, -0.05) is 45.9 Å². The van der Waals surface area contributed by atoms with Gasteiger partial charge in [0.05, 0.1) is 0 Å². The van der Waals surface area contributed by atoms with E-state index in [1.54, 1.807) is 11.1 Å². The number of hydrogen-bond donors (Lipinski definition) is 0. The average molecular weight is 202 g/mol. The molecule has 0 spiro atoms. The zero-order chi connectivity index (χ0) is 11.1. The van der Waals surface area contributed by atoms with Gasteiger partial charge in [0.15, 0.2) is 0 Å². The molecule has 82 valence electrons. The highest BCUT2D eigenvalue weighted by molar-refractivity contribution is 5.39. The van der Waals surface area contributed by atoms with Crippen LogP contribution in [0.5, 0.6) is 0 Å². The number of fused-ring (bicyclic) bond motifs is 1. The van der Waals surface area contributed by atoms with Crippen molar-refractivity contribution in [2.24, 2.45) is 0 Å². The van der Waals surface area contributed by atoms with Crippen molar-refractivity contribution in [2.45, 2.75) is 58.3 Å². The molecular formula is C15H22. The lowest BCUT2D eigenvalue weighted by atomic mass is 9.72. The van der Waals surface area contributed by atoms with Crippen LogP contribution in [0.4, 0.5) is 0 Å². The van der Waals surface area contributed by atoms with Crippen LogP contribution in [0.15, 0.2) is 18.2 Å². The summed E-state index contributed by atoms with van der Waals surface area (Å²) in [4.78, 5) is 0. The molecule has 0 fully saturated rings.